The van der Waals surface area contributed by atoms with E-state index in [9.17, 15) is 4.79 Å². The van der Waals surface area contributed by atoms with Crippen molar-refractivity contribution in [3.8, 4) is 5.75 Å². The number of para-hydroxylation sites is 2. The topological polar surface area (TPSA) is 59.6 Å². The molecule has 0 radical (unpaired) electrons. The second-order valence-corrected chi connectivity index (χ2v) is 6.51. The minimum atomic E-state index is 0.0639. The Morgan fingerprint density at radius 1 is 1.29 bits per heavy atom. The lowest BCUT2D eigenvalue weighted by Crippen LogP contribution is -2.32. The SMILES string of the molecule is COCCCOc1ccccc1NC(=O)CC(C)C1CCNCC1. The molecule has 1 aliphatic heterocycles. The summed E-state index contributed by atoms with van der Waals surface area (Å²) in [7, 11) is 1.68. The summed E-state index contributed by atoms with van der Waals surface area (Å²) in [6.45, 7) is 5.56. The fraction of sp³-hybridized carbons (Fsp3) is 0.632. The molecule has 1 atom stereocenters. The summed E-state index contributed by atoms with van der Waals surface area (Å²) in [6, 6.07) is 7.60. The number of amides is 1. The highest BCUT2D eigenvalue weighted by Gasteiger charge is 2.22. The minimum absolute atomic E-state index is 0.0639. The van der Waals surface area contributed by atoms with Gasteiger partial charge in [-0.3, -0.25) is 4.79 Å². The van der Waals surface area contributed by atoms with Gasteiger partial charge < -0.3 is 20.1 Å². The highest BCUT2D eigenvalue weighted by Crippen LogP contribution is 2.27. The van der Waals surface area contributed by atoms with Crippen LogP contribution in [-0.4, -0.2) is 39.3 Å². The largest absolute Gasteiger partial charge is 0.491 e. The maximum atomic E-state index is 12.4. The number of methoxy groups -OCH3 is 1. The van der Waals surface area contributed by atoms with Crippen LogP contribution in [0.4, 0.5) is 5.69 Å². The molecular weight excluding hydrogens is 304 g/mol. The molecule has 5 nitrogen and oxygen atoms in total. The first kappa shape index (κ1) is 18.7. The molecule has 0 bridgehead atoms. The van der Waals surface area contributed by atoms with E-state index in [-0.39, 0.29) is 5.91 Å². The van der Waals surface area contributed by atoms with E-state index in [0.29, 0.717) is 31.5 Å². The van der Waals surface area contributed by atoms with Gasteiger partial charge in [0.15, 0.2) is 0 Å². The monoisotopic (exact) mass is 334 g/mol. The van der Waals surface area contributed by atoms with Crippen LogP contribution in [0, 0.1) is 11.8 Å². The van der Waals surface area contributed by atoms with Gasteiger partial charge in [0, 0.05) is 26.6 Å². The summed E-state index contributed by atoms with van der Waals surface area (Å²) in [5.74, 6) is 1.82. The van der Waals surface area contributed by atoms with E-state index < -0.39 is 0 Å². The van der Waals surface area contributed by atoms with Crippen LogP contribution in [0.1, 0.15) is 32.6 Å². The lowest BCUT2D eigenvalue weighted by molar-refractivity contribution is -0.117. The Bertz CT molecular complexity index is 501. The van der Waals surface area contributed by atoms with Gasteiger partial charge in [0.25, 0.3) is 0 Å². The molecule has 0 aliphatic carbocycles. The number of hydrogen-bond acceptors (Lipinski definition) is 4. The Morgan fingerprint density at radius 3 is 2.79 bits per heavy atom. The number of rotatable bonds is 9. The zero-order chi connectivity index (χ0) is 17.2. The summed E-state index contributed by atoms with van der Waals surface area (Å²) in [5, 5.41) is 6.38. The van der Waals surface area contributed by atoms with Gasteiger partial charge in [-0.05, 0) is 49.9 Å². The molecule has 1 unspecified atom stereocenters. The van der Waals surface area contributed by atoms with Crippen LogP contribution in [0.25, 0.3) is 0 Å². The molecule has 0 aromatic heterocycles. The molecule has 134 valence electrons. The molecule has 1 aromatic carbocycles. The van der Waals surface area contributed by atoms with E-state index in [2.05, 4.69) is 17.6 Å². The first-order valence-electron chi connectivity index (χ1n) is 8.92. The highest BCUT2D eigenvalue weighted by atomic mass is 16.5. The van der Waals surface area contributed by atoms with E-state index in [1.807, 2.05) is 24.3 Å². The van der Waals surface area contributed by atoms with Crippen molar-refractivity contribution >= 4 is 11.6 Å². The number of anilines is 1. The Kier molecular flexibility index (Phi) is 8.05. The number of ether oxygens (including phenoxy) is 2. The Hall–Kier alpha value is -1.59. The van der Waals surface area contributed by atoms with Gasteiger partial charge in [-0.25, -0.2) is 0 Å². The summed E-state index contributed by atoms with van der Waals surface area (Å²) in [5.41, 5.74) is 0.748. The molecule has 1 aliphatic rings. The van der Waals surface area contributed by atoms with Gasteiger partial charge in [-0.15, -0.1) is 0 Å². The number of benzene rings is 1. The van der Waals surface area contributed by atoms with Crippen LogP contribution >= 0.6 is 0 Å². The fourth-order valence-corrected chi connectivity index (χ4v) is 3.15. The van der Waals surface area contributed by atoms with Gasteiger partial charge in [-0.1, -0.05) is 19.1 Å². The third kappa shape index (κ3) is 6.13. The zero-order valence-corrected chi connectivity index (χ0v) is 14.8. The number of carbonyl (C=O) groups is 1. The van der Waals surface area contributed by atoms with Crippen LogP contribution in [0.2, 0.25) is 0 Å². The Labute approximate surface area is 145 Å². The first-order valence-corrected chi connectivity index (χ1v) is 8.92. The van der Waals surface area contributed by atoms with Crippen molar-refractivity contribution in [1.82, 2.24) is 5.32 Å². The second kappa shape index (κ2) is 10.3. The molecule has 2 N–H and O–H groups in total. The molecule has 2 rings (SSSR count). The number of hydrogen-bond donors (Lipinski definition) is 2. The van der Waals surface area contributed by atoms with Crippen LogP contribution in [0.5, 0.6) is 5.75 Å². The summed E-state index contributed by atoms with van der Waals surface area (Å²) in [6.07, 6.45) is 3.70. The molecule has 5 heteroatoms. The highest BCUT2D eigenvalue weighted by molar-refractivity contribution is 5.92. The average Bonchev–Trinajstić information content (AvgIpc) is 2.60. The summed E-state index contributed by atoms with van der Waals surface area (Å²) in [4.78, 5) is 12.4. The van der Waals surface area contributed by atoms with Gasteiger partial charge in [0.2, 0.25) is 5.91 Å². The smallest absolute Gasteiger partial charge is 0.224 e. The lowest BCUT2D eigenvalue weighted by atomic mass is 9.84. The maximum Gasteiger partial charge on any atom is 0.224 e. The Morgan fingerprint density at radius 2 is 2.04 bits per heavy atom. The molecule has 0 saturated carbocycles. The predicted molar refractivity (Wildman–Crippen MR) is 96.4 cm³/mol. The maximum absolute atomic E-state index is 12.4. The summed E-state index contributed by atoms with van der Waals surface area (Å²) < 4.78 is 10.8. The molecule has 1 heterocycles. The Balaban J connectivity index is 1.84. The quantitative estimate of drug-likeness (QED) is 0.682. The molecule has 1 aromatic rings. The van der Waals surface area contributed by atoms with Crippen LogP contribution in [-0.2, 0) is 9.53 Å². The van der Waals surface area contributed by atoms with E-state index in [4.69, 9.17) is 9.47 Å². The van der Waals surface area contributed by atoms with Crippen molar-refractivity contribution in [3.05, 3.63) is 24.3 Å². The first-order chi connectivity index (χ1) is 11.7. The summed E-state index contributed by atoms with van der Waals surface area (Å²) >= 11 is 0. The number of piperidine rings is 1. The van der Waals surface area contributed by atoms with Crippen molar-refractivity contribution in [3.63, 3.8) is 0 Å². The lowest BCUT2D eigenvalue weighted by Gasteiger charge is -2.28. The molecule has 1 fully saturated rings. The van der Waals surface area contributed by atoms with Crippen molar-refractivity contribution in [1.29, 1.82) is 0 Å². The van der Waals surface area contributed by atoms with Crippen molar-refractivity contribution < 1.29 is 14.3 Å². The molecule has 1 saturated heterocycles. The van der Waals surface area contributed by atoms with Crippen LogP contribution < -0.4 is 15.4 Å². The third-order valence-corrected chi connectivity index (χ3v) is 4.61. The van der Waals surface area contributed by atoms with Crippen molar-refractivity contribution in [2.45, 2.75) is 32.6 Å². The fourth-order valence-electron chi connectivity index (χ4n) is 3.15. The van der Waals surface area contributed by atoms with E-state index >= 15 is 0 Å². The zero-order valence-electron chi connectivity index (χ0n) is 14.8. The second-order valence-electron chi connectivity index (χ2n) is 6.51. The molecule has 0 spiro atoms. The van der Waals surface area contributed by atoms with Gasteiger partial charge in [0.05, 0.1) is 12.3 Å². The van der Waals surface area contributed by atoms with Gasteiger partial charge in [-0.2, -0.15) is 0 Å². The van der Waals surface area contributed by atoms with Crippen molar-refractivity contribution in [2.24, 2.45) is 11.8 Å². The third-order valence-electron chi connectivity index (χ3n) is 4.61. The number of nitrogens with one attached hydrogen (secondary N) is 2. The van der Waals surface area contributed by atoms with Gasteiger partial charge >= 0.3 is 0 Å². The average molecular weight is 334 g/mol. The minimum Gasteiger partial charge on any atom is -0.491 e. The molecule has 24 heavy (non-hydrogen) atoms. The number of carbonyl (C=O) groups excluding carboxylic acids is 1. The van der Waals surface area contributed by atoms with Gasteiger partial charge in [0.1, 0.15) is 5.75 Å². The standard InChI is InChI=1S/C19H30N2O3/c1-15(16-8-10-20-11-9-16)14-19(22)21-17-6-3-4-7-18(17)24-13-5-12-23-2/h3-4,6-7,15-16,20H,5,8-14H2,1-2H3,(H,21,22). The van der Waals surface area contributed by atoms with Crippen LogP contribution in [0.15, 0.2) is 24.3 Å². The normalized spacial score (nSPS) is 16.6. The van der Waals surface area contributed by atoms with E-state index in [1.54, 1.807) is 7.11 Å². The van der Waals surface area contributed by atoms with Crippen molar-refractivity contribution in [2.75, 3.05) is 38.7 Å². The van der Waals surface area contributed by atoms with E-state index in [1.165, 1.54) is 0 Å². The molecule has 1 amide bonds. The molecular formula is C19H30N2O3. The van der Waals surface area contributed by atoms with E-state index in [0.717, 1.165) is 43.8 Å². The predicted octanol–water partition coefficient (Wildman–Crippen LogP) is 3.07. The van der Waals surface area contributed by atoms with Crippen LogP contribution in [0.3, 0.4) is 0 Å².